The minimum absolute atomic E-state index is 0.199. The van der Waals surface area contributed by atoms with Crippen molar-refractivity contribution in [3.05, 3.63) is 107 Å². The number of anilines is 1. The summed E-state index contributed by atoms with van der Waals surface area (Å²) in [5, 5.41) is 2.78. The number of rotatable bonds is 6. The molecule has 0 aromatic heterocycles. The number of nitrogens with one attached hydrogen (secondary N) is 1. The van der Waals surface area contributed by atoms with Gasteiger partial charge in [0, 0.05) is 6.20 Å². The summed E-state index contributed by atoms with van der Waals surface area (Å²) in [6.07, 6.45) is 3.94. The van der Waals surface area contributed by atoms with Crippen molar-refractivity contribution in [1.29, 1.82) is 0 Å². The molecule has 0 saturated carbocycles. The molecule has 0 spiro atoms. The highest BCUT2D eigenvalue weighted by atomic mass is 35.5. The second-order valence-electron chi connectivity index (χ2n) is 6.93. The van der Waals surface area contributed by atoms with Crippen molar-refractivity contribution in [3.63, 3.8) is 0 Å². The Balaban J connectivity index is 1.62. The minimum Gasteiger partial charge on any atom is -0.497 e. The molecule has 3 aromatic rings. The van der Waals surface area contributed by atoms with Crippen molar-refractivity contribution in [1.82, 2.24) is 5.43 Å². The molecule has 0 fully saturated rings. The lowest BCUT2D eigenvalue weighted by Crippen LogP contribution is -2.37. The Morgan fingerprint density at radius 3 is 2.46 bits per heavy atom. The molecule has 28 heavy (non-hydrogen) atoms. The van der Waals surface area contributed by atoms with Gasteiger partial charge in [0.15, 0.2) is 0 Å². The SMILES string of the molecule is COc1cccc(CC2=CN(c3ccccc3Cl)NC2Cc2ccccc2)c1. The van der Waals surface area contributed by atoms with Gasteiger partial charge >= 0.3 is 0 Å². The zero-order chi connectivity index (χ0) is 19.3. The summed E-state index contributed by atoms with van der Waals surface area (Å²) in [5.41, 5.74) is 8.43. The molecule has 4 heteroatoms. The Hall–Kier alpha value is -2.75. The van der Waals surface area contributed by atoms with E-state index < -0.39 is 0 Å². The van der Waals surface area contributed by atoms with Crippen LogP contribution in [0.1, 0.15) is 11.1 Å². The van der Waals surface area contributed by atoms with Gasteiger partial charge in [-0.1, -0.05) is 66.2 Å². The summed E-state index contributed by atoms with van der Waals surface area (Å²) in [6, 6.07) is 26.9. The Morgan fingerprint density at radius 1 is 0.929 bits per heavy atom. The molecular formula is C24H23ClN2O. The van der Waals surface area contributed by atoms with Crippen LogP contribution in [-0.2, 0) is 12.8 Å². The fourth-order valence-corrected chi connectivity index (χ4v) is 3.77. The maximum absolute atomic E-state index is 6.43. The van der Waals surface area contributed by atoms with Gasteiger partial charge in [-0.3, -0.25) is 5.01 Å². The molecule has 3 nitrogen and oxygen atoms in total. The molecule has 0 bridgehead atoms. The van der Waals surface area contributed by atoms with E-state index in [9.17, 15) is 0 Å². The van der Waals surface area contributed by atoms with Crippen molar-refractivity contribution in [2.24, 2.45) is 0 Å². The van der Waals surface area contributed by atoms with Gasteiger partial charge in [0.1, 0.15) is 5.75 Å². The first kappa shape index (κ1) is 18.6. The second-order valence-corrected chi connectivity index (χ2v) is 7.33. The van der Waals surface area contributed by atoms with Crippen LogP contribution in [-0.4, -0.2) is 13.2 Å². The molecule has 1 N–H and O–H groups in total. The number of halogens is 1. The van der Waals surface area contributed by atoms with Gasteiger partial charge in [-0.05, 0) is 53.8 Å². The quantitative estimate of drug-likeness (QED) is 0.609. The van der Waals surface area contributed by atoms with Crippen LogP contribution in [0.15, 0.2) is 90.6 Å². The Kier molecular flexibility index (Phi) is 5.65. The lowest BCUT2D eigenvalue weighted by Gasteiger charge is -2.21. The van der Waals surface area contributed by atoms with Crippen LogP contribution in [0, 0.1) is 0 Å². The van der Waals surface area contributed by atoms with E-state index in [-0.39, 0.29) is 6.04 Å². The van der Waals surface area contributed by atoms with Crippen molar-refractivity contribution in [3.8, 4) is 5.75 Å². The molecule has 1 aliphatic rings. The molecular weight excluding hydrogens is 368 g/mol. The van der Waals surface area contributed by atoms with Gasteiger partial charge in [0.05, 0.1) is 23.9 Å². The number of hydrogen-bond acceptors (Lipinski definition) is 3. The minimum atomic E-state index is 0.199. The first-order valence-electron chi connectivity index (χ1n) is 9.40. The van der Waals surface area contributed by atoms with Gasteiger partial charge in [-0.25, -0.2) is 5.43 Å². The zero-order valence-electron chi connectivity index (χ0n) is 15.8. The summed E-state index contributed by atoms with van der Waals surface area (Å²) < 4.78 is 5.39. The third kappa shape index (κ3) is 4.22. The van der Waals surface area contributed by atoms with E-state index in [0.717, 1.165) is 29.3 Å². The highest BCUT2D eigenvalue weighted by Crippen LogP contribution is 2.30. The van der Waals surface area contributed by atoms with E-state index in [4.69, 9.17) is 16.3 Å². The van der Waals surface area contributed by atoms with Crippen molar-refractivity contribution < 1.29 is 4.74 Å². The van der Waals surface area contributed by atoms with Gasteiger partial charge in [-0.15, -0.1) is 0 Å². The highest BCUT2D eigenvalue weighted by molar-refractivity contribution is 6.33. The predicted molar refractivity (Wildman–Crippen MR) is 116 cm³/mol. The van der Waals surface area contributed by atoms with E-state index in [1.807, 2.05) is 41.4 Å². The van der Waals surface area contributed by atoms with Crippen molar-refractivity contribution in [2.75, 3.05) is 12.1 Å². The molecule has 0 saturated heterocycles. The standard InChI is InChI=1S/C24H23ClN2O/c1-28-21-11-7-10-19(15-21)14-20-17-27(24-13-6-5-12-22(24)25)26-23(20)16-18-8-3-2-4-9-18/h2-13,15,17,23,26H,14,16H2,1H3. The van der Waals surface area contributed by atoms with Crippen LogP contribution < -0.4 is 15.2 Å². The fraction of sp³-hybridized carbons (Fsp3) is 0.167. The normalized spacial score (nSPS) is 16.1. The molecule has 1 heterocycles. The van der Waals surface area contributed by atoms with Crippen LogP contribution >= 0.6 is 11.6 Å². The van der Waals surface area contributed by atoms with Crippen molar-refractivity contribution >= 4 is 17.3 Å². The Labute approximate surface area is 171 Å². The van der Waals surface area contributed by atoms with Crippen LogP contribution in [0.4, 0.5) is 5.69 Å². The molecule has 0 amide bonds. The maximum atomic E-state index is 6.43. The predicted octanol–water partition coefficient (Wildman–Crippen LogP) is 5.41. The summed E-state index contributed by atoms with van der Waals surface area (Å²) in [5.74, 6) is 0.881. The number of hydrogen-bond donors (Lipinski definition) is 1. The Bertz CT molecular complexity index is 971. The van der Waals surface area contributed by atoms with E-state index in [0.29, 0.717) is 0 Å². The van der Waals surface area contributed by atoms with E-state index in [1.54, 1.807) is 7.11 Å². The molecule has 142 valence electrons. The lowest BCUT2D eigenvalue weighted by molar-refractivity contribution is 0.414. The van der Waals surface area contributed by atoms with Gasteiger partial charge in [0.25, 0.3) is 0 Å². The first-order chi connectivity index (χ1) is 13.7. The van der Waals surface area contributed by atoms with Crippen molar-refractivity contribution in [2.45, 2.75) is 18.9 Å². The average molecular weight is 391 g/mol. The zero-order valence-corrected chi connectivity index (χ0v) is 16.6. The van der Waals surface area contributed by atoms with Gasteiger partial charge in [0.2, 0.25) is 0 Å². The summed E-state index contributed by atoms with van der Waals surface area (Å²) in [7, 11) is 1.70. The number of methoxy groups -OCH3 is 1. The van der Waals surface area contributed by atoms with Crippen LogP contribution in [0.5, 0.6) is 5.75 Å². The van der Waals surface area contributed by atoms with Crippen LogP contribution in [0.2, 0.25) is 5.02 Å². The molecule has 3 aromatic carbocycles. The molecule has 1 unspecified atom stereocenters. The van der Waals surface area contributed by atoms with Crippen LogP contribution in [0.25, 0.3) is 0 Å². The highest BCUT2D eigenvalue weighted by Gasteiger charge is 2.26. The first-order valence-corrected chi connectivity index (χ1v) is 9.78. The largest absolute Gasteiger partial charge is 0.497 e. The summed E-state index contributed by atoms with van der Waals surface area (Å²) in [4.78, 5) is 0. The molecule has 4 rings (SSSR count). The monoisotopic (exact) mass is 390 g/mol. The van der Waals surface area contributed by atoms with Gasteiger partial charge in [-0.2, -0.15) is 0 Å². The topological polar surface area (TPSA) is 24.5 Å². The lowest BCUT2D eigenvalue weighted by atomic mass is 9.95. The summed E-state index contributed by atoms with van der Waals surface area (Å²) in [6.45, 7) is 0. The van der Waals surface area contributed by atoms with E-state index in [1.165, 1.54) is 16.7 Å². The molecule has 1 aliphatic heterocycles. The van der Waals surface area contributed by atoms with E-state index in [2.05, 4.69) is 54.1 Å². The third-order valence-corrected chi connectivity index (χ3v) is 5.29. The number of ether oxygens (including phenoxy) is 1. The number of hydrazine groups is 1. The summed E-state index contributed by atoms with van der Waals surface area (Å²) >= 11 is 6.43. The molecule has 0 radical (unpaired) electrons. The number of benzene rings is 3. The Morgan fingerprint density at radius 2 is 1.68 bits per heavy atom. The van der Waals surface area contributed by atoms with E-state index >= 15 is 0 Å². The maximum Gasteiger partial charge on any atom is 0.119 e. The second kappa shape index (κ2) is 8.51. The number of nitrogens with zero attached hydrogens (tertiary/aromatic N) is 1. The average Bonchev–Trinajstić information content (AvgIpc) is 3.11. The molecule has 1 atom stereocenters. The number of para-hydroxylation sites is 1. The molecule has 0 aliphatic carbocycles. The van der Waals surface area contributed by atoms with Gasteiger partial charge < -0.3 is 4.74 Å². The third-order valence-electron chi connectivity index (χ3n) is 4.97. The smallest absolute Gasteiger partial charge is 0.119 e. The fourth-order valence-electron chi connectivity index (χ4n) is 3.54. The van der Waals surface area contributed by atoms with Crippen LogP contribution in [0.3, 0.4) is 0 Å².